The average molecular weight is 456 g/mol. The van der Waals surface area contributed by atoms with Gasteiger partial charge in [0.1, 0.15) is 6.04 Å². The second-order valence-corrected chi connectivity index (χ2v) is 8.15. The number of carbonyl (C=O) groups excluding carboxylic acids is 2. The molecule has 0 heterocycles. The van der Waals surface area contributed by atoms with Crippen molar-refractivity contribution in [3.05, 3.63) is 68.7 Å². The van der Waals surface area contributed by atoms with E-state index in [4.69, 9.17) is 34.8 Å². The Morgan fingerprint density at radius 2 is 1.79 bits per heavy atom. The highest BCUT2D eigenvalue weighted by atomic mass is 35.5. The minimum atomic E-state index is -0.631. The Bertz CT molecular complexity index is 858. The van der Waals surface area contributed by atoms with Gasteiger partial charge < -0.3 is 10.2 Å². The summed E-state index contributed by atoms with van der Waals surface area (Å²) in [4.78, 5) is 27.3. The molecule has 1 N–H and O–H groups in total. The summed E-state index contributed by atoms with van der Waals surface area (Å²) >= 11 is 18.2. The molecule has 1 atom stereocenters. The second-order valence-electron chi connectivity index (χ2n) is 6.90. The lowest BCUT2D eigenvalue weighted by Crippen LogP contribution is -2.48. The Morgan fingerprint density at radius 1 is 1.03 bits per heavy atom. The normalized spacial score (nSPS) is 11.8. The molecule has 0 aromatic heterocycles. The molecule has 2 aromatic rings. The van der Waals surface area contributed by atoms with Gasteiger partial charge in [0.05, 0.1) is 16.5 Å². The van der Waals surface area contributed by atoms with Gasteiger partial charge in [-0.3, -0.25) is 9.59 Å². The van der Waals surface area contributed by atoms with Gasteiger partial charge in [0.15, 0.2) is 0 Å². The number of hydrogen-bond donors (Lipinski definition) is 1. The zero-order valence-electron chi connectivity index (χ0n) is 16.6. The highest BCUT2D eigenvalue weighted by Crippen LogP contribution is 2.24. The van der Waals surface area contributed by atoms with E-state index in [1.807, 2.05) is 6.07 Å². The van der Waals surface area contributed by atoms with Crippen LogP contribution in [0.1, 0.15) is 37.8 Å². The number of halogens is 3. The third kappa shape index (κ3) is 7.22. The van der Waals surface area contributed by atoms with Crippen molar-refractivity contribution in [1.29, 1.82) is 0 Å². The number of unbranched alkanes of at least 4 members (excludes halogenated alkanes) is 1. The van der Waals surface area contributed by atoms with Gasteiger partial charge in [0.25, 0.3) is 0 Å². The van der Waals surface area contributed by atoms with Crippen LogP contribution in [0.2, 0.25) is 15.1 Å². The number of nitrogens with one attached hydrogen (secondary N) is 1. The summed E-state index contributed by atoms with van der Waals surface area (Å²) in [5.41, 5.74) is 1.59. The van der Waals surface area contributed by atoms with Crippen molar-refractivity contribution in [3.8, 4) is 0 Å². The summed E-state index contributed by atoms with van der Waals surface area (Å²) in [5, 5.41) is 4.31. The van der Waals surface area contributed by atoms with Crippen molar-refractivity contribution in [2.45, 2.75) is 45.7 Å². The van der Waals surface area contributed by atoms with E-state index in [0.717, 1.165) is 24.0 Å². The Balaban J connectivity index is 2.21. The number of carbonyl (C=O) groups is 2. The maximum absolute atomic E-state index is 13.1. The van der Waals surface area contributed by atoms with E-state index in [0.29, 0.717) is 21.6 Å². The number of nitrogens with zero attached hydrogens (tertiary/aromatic N) is 1. The lowest BCUT2D eigenvalue weighted by Gasteiger charge is -2.29. The lowest BCUT2D eigenvalue weighted by molar-refractivity contribution is -0.140. The number of rotatable bonds is 9. The van der Waals surface area contributed by atoms with Crippen molar-refractivity contribution in [1.82, 2.24) is 10.2 Å². The number of amides is 2. The van der Waals surface area contributed by atoms with Crippen molar-refractivity contribution >= 4 is 46.6 Å². The molecule has 7 heteroatoms. The monoisotopic (exact) mass is 454 g/mol. The van der Waals surface area contributed by atoms with E-state index < -0.39 is 6.04 Å². The first-order valence-corrected chi connectivity index (χ1v) is 10.7. The summed E-state index contributed by atoms with van der Waals surface area (Å²) in [6, 6.07) is 11.7. The standard InChI is InChI=1S/C22H25Cl3N2O2/c1-3-4-10-26-22(29)15(2)27(14-17-8-9-19(24)20(25)12-17)21(28)13-16-6-5-7-18(23)11-16/h5-9,11-12,15H,3-4,10,13-14H2,1-2H3,(H,26,29). The van der Waals surface area contributed by atoms with Gasteiger partial charge in [0, 0.05) is 18.1 Å². The fourth-order valence-corrected chi connectivity index (χ4v) is 3.41. The van der Waals surface area contributed by atoms with E-state index in [2.05, 4.69) is 12.2 Å². The van der Waals surface area contributed by atoms with E-state index in [9.17, 15) is 9.59 Å². The maximum atomic E-state index is 13.1. The topological polar surface area (TPSA) is 49.4 Å². The van der Waals surface area contributed by atoms with E-state index in [1.165, 1.54) is 0 Å². The van der Waals surface area contributed by atoms with Crippen molar-refractivity contribution in [2.75, 3.05) is 6.54 Å². The van der Waals surface area contributed by atoms with Gasteiger partial charge >= 0.3 is 0 Å². The van der Waals surface area contributed by atoms with Gasteiger partial charge in [-0.15, -0.1) is 0 Å². The van der Waals surface area contributed by atoms with Crippen LogP contribution in [-0.4, -0.2) is 29.3 Å². The Labute approximate surface area is 187 Å². The zero-order chi connectivity index (χ0) is 21.4. The molecular formula is C22H25Cl3N2O2. The maximum Gasteiger partial charge on any atom is 0.242 e. The van der Waals surface area contributed by atoms with Crippen LogP contribution in [0.15, 0.2) is 42.5 Å². The number of benzene rings is 2. The van der Waals surface area contributed by atoms with Crippen molar-refractivity contribution < 1.29 is 9.59 Å². The van der Waals surface area contributed by atoms with Gasteiger partial charge in [-0.2, -0.15) is 0 Å². The molecule has 2 rings (SSSR count). The minimum Gasteiger partial charge on any atom is -0.354 e. The third-order valence-electron chi connectivity index (χ3n) is 4.58. The van der Waals surface area contributed by atoms with Crippen LogP contribution in [0.5, 0.6) is 0 Å². The van der Waals surface area contributed by atoms with Gasteiger partial charge in [0.2, 0.25) is 11.8 Å². The Morgan fingerprint density at radius 3 is 2.45 bits per heavy atom. The lowest BCUT2D eigenvalue weighted by atomic mass is 10.1. The smallest absolute Gasteiger partial charge is 0.242 e. The Hall–Kier alpha value is -1.75. The van der Waals surface area contributed by atoms with Crippen LogP contribution in [0, 0.1) is 0 Å². The van der Waals surface area contributed by atoms with Crippen LogP contribution >= 0.6 is 34.8 Å². The van der Waals surface area contributed by atoms with Crippen molar-refractivity contribution in [3.63, 3.8) is 0 Å². The summed E-state index contributed by atoms with van der Waals surface area (Å²) in [7, 11) is 0. The summed E-state index contributed by atoms with van der Waals surface area (Å²) in [6.07, 6.45) is 2.02. The SMILES string of the molecule is CCCCNC(=O)C(C)N(Cc1ccc(Cl)c(Cl)c1)C(=O)Cc1cccc(Cl)c1. The number of hydrogen-bond acceptors (Lipinski definition) is 2. The van der Waals surface area contributed by atoms with E-state index >= 15 is 0 Å². The van der Waals surface area contributed by atoms with Crippen LogP contribution in [0.4, 0.5) is 0 Å². The quantitative estimate of drug-likeness (QED) is 0.506. The third-order valence-corrected chi connectivity index (χ3v) is 5.55. The van der Waals surface area contributed by atoms with Crippen molar-refractivity contribution in [2.24, 2.45) is 0 Å². The fourth-order valence-electron chi connectivity index (χ4n) is 2.88. The predicted molar refractivity (Wildman–Crippen MR) is 120 cm³/mol. The Kier molecular flexibility index (Phi) is 9.28. The molecule has 0 aliphatic rings. The molecule has 0 saturated heterocycles. The molecule has 4 nitrogen and oxygen atoms in total. The molecule has 0 radical (unpaired) electrons. The fraction of sp³-hybridized carbons (Fsp3) is 0.364. The largest absolute Gasteiger partial charge is 0.354 e. The highest BCUT2D eigenvalue weighted by molar-refractivity contribution is 6.42. The van der Waals surface area contributed by atoms with E-state index in [1.54, 1.807) is 48.2 Å². The van der Waals surface area contributed by atoms with Gasteiger partial charge in [-0.1, -0.05) is 66.3 Å². The first-order chi connectivity index (χ1) is 13.8. The van der Waals surface area contributed by atoms with Crippen LogP contribution in [0.3, 0.4) is 0 Å². The van der Waals surface area contributed by atoms with E-state index in [-0.39, 0.29) is 24.8 Å². The molecule has 0 bridgehead atoms. The summed E-state index contributed by atoms with van der Waals surface area (Å²) < 4.78 is 0. The highest BCUT2D eigenvalue weighted by Gasteiger charge is 2.26. The van der Waals surface area contributed by atoms with Gasteiger partial charge in [-0.05, 0) is 48.7 Å². The molecule has 0 aliphatic carbocycles. The molecule has 0 fully saturated rings. The predicted octanol–water partition coefficient (Wildman–Crippen LogP) is 5.52. The molecule has 156 valence electrons. The van der Waals surface area contributed by atoms with Crippen LogP contribution in [-0.2, 0) is 22.6 Å². The molecule has 2 amide bonds. The summed E-state index contributed by atoms with van der Waals surface area (Å²) in [5.74, 6) is -0.352. The minimum absolute atomic E-state index is 0.147. The molecule has 1 unspecified atom stereocenters. The molecular weight excluding hydrogens is 431 g/mol. The molecule has 0 spiro atoms. The van der Waals surface area contributed by atoms with Crippen LogP contribution < -0.4 is 5.32 Å². The van der Waals surface area contributed by atoms with Gasteiger partial charge in [-0.25, -0.2) is 0 Å². The molecule has 2 aromatic carbocycles. The first-order valence-electron chi connectivity index (χ1n) is 9.57. The molecule has 0 aliphatic heterocycles. The average Bonchev–Trinajstić information content (AvgIpc) is 2.68. The molecule has 29 heavy (non-hydrogen) atoms. The summed E-state index contributed by atoms with van der Waals surface area (Å²) in [6.45, 7) is 4.62. The first kappa shape index (κ1) is 23.5. The zero-order valence-corrected chi connectivity index (χ0v) is 18.8. The molecule has 0 saturated carbocycles. The van der Waals surface area contributed by atoms with Crippen LogP contribution in [0.25, 0.3) is 0 Å². The second kappa shape index (κ2) is 11.4.